The summed E-state index contributed by atoms with van der Waals surface area (Å²) in [4.78, 5) is 15.9. The number of para-hydroxylation sites is 1. The third kappa shape index (κ3) is 3.98. The fraction of sp³-hybridized carbons (Fsp3) is 0.111. The minimum Gasteiger partial charge on any atom is -0.490 e. The third-order valence-corrected chi connectivity index (χ3v) is 3.23. The Morgan fingerprint density at radius 2 is 1.62 bits per heavy atom. The van der Waals surface area contributed by atoms with Crippen LogP contribution in [0, 0.1) is 5.82 Å². The average molecular weight is 326 g/mol. The molecule has 0 fully saturated rings. The number of halogens is 1. The molecule has 122 valence electrons. The molecule has 0 unspecified atom stereocenters. The number of rotatable bonds is 6. The van der Waals surface area contributed by atoms with Gasteiger partial charge in [0.2, 0.25) is 5.88 Å². The first-order valence-corrected chi connectivity index (χ1v) is 7.39. The second kappa shape index (κ2) is 7.41. The quantitative estimate of drug-likeness (QED) is 0.654. The van der Waals surface area contributed by atoms with E-state index in [2.05, 4.69) is 4.98 Å². The van der Waals surface area contributed by atoms with Gasteiger partial charge in [0.05, 0.1) is 5.69 Å². The molecule has 0 aliphatic carbocycles. The van der Waals surface area contributed by atoms with Crippen LogP contribution in [0.1, 0.15) is 0 Å². The van der Waals surface area contributed by atoms with E-state index in [1.807, 2.05) is 30.3 Å². The maximum atomic E-state index is 12.9. The zero-order valence-corrected chi connectivity index (χ0v) is 12.8. The van der Waals surface area contributed by atoms with Gasteiger partial charge in [0.25, 0.3) is 0 Å². The van der Waals surface area contributed by atoms with E-state index < -0.39 is 5.69 Å². The van der Waals surface area contributed by atoms with Gasteiger partial charge in [-0.3, -0.25) is 4.57 Å². The standard InChI is InChI=1S/C18H15FN2O3/c19-14-6-8-15(9-7-14)21-11-10-17(20-18(21)22)24-13-12-23-16-4-2-1-3-5-16/h1-11H,12-13H2. The largest absolute Gasteiger partial charge is 0.490 e. The maximum Gasteiger partial charge on any atom is 0.355 e. The van der Waals surface area contributed by atoms with Crippen LogP contribution in [0.5, 0.6) is 11.6 Å². The number of benzene rings is 2. The summed E-state index contributed by atoms with van der Waals surface area (Å²) in [6.45, 7) is 0.606. The number of nitrogens with zero attached hydrogens (tertiary/aromatic N) is 2. The lowest BCUT2D eigenvalue weighted by Gasteiger charge is -2.09. The van der Waals surface area contributed by atoms with E-state index in [0.29, 0.717) is 12.3 Å². The lowest BCUT2D eigenvalue weighted by molar-refractivity contribution is 0.211. The second-order valence-corrected chi connectivity index (χ2v) is 4.90. The minimum atomic E-state index is -0.497. The van der Waals surface area contributed by atoms with Gasteiger partial charge in [-0.25, -0.2) is 9.18 Å². The van der Waals surface area contributed by atoms with Gasteiger partial charge in [0.1, 0.15) is 24.8 Å². The van der Waals surface area contributed by atoms with Crippen molar-refractivity contribution in [3.8, 4) is 17.3 Å². The Hall–Kier alpha value is -3.15. The number of hydrogen-bond acceptors (Lipinski definition) is 4. The monoisotopic (exact) mass is 326 g/mol. The number of aromatic nitrogens is 2. The van der Waals surface area contributed by atoms with Crippen LogP contribution in [0.15, 0.2) is 71.7 Å². The van der Waals surface area contributed by atoms with Crippen molar-refractivity contribution >= 4 is 0 Å². The summed E-state index contributed by atoms with van der Waals surface area (Å²) in [7, 11) is 0. The van der Waals surface area contributed by atoms with E-state index in [9.17, 15) is 9.18 Å². The van der Waals surface area contributed by atoms with Gasteiger partial charge >= 0.3 is 5.69 Å². The van der Waals surface area contributed by atoms with Gasteiger partial charge in [-0.1, -0.05) is 18.2 Å². The first kappa shape index (κ1) is 15.7. The van der Waals surface area contributed by atoms with Crippen molar-refractivity contribution in [2.45, 2.75) is 0 Å². The predicted molar refractivity (Wildman–Crippen MR) is 87.2 cm³/mol. The molecule has 0 atom stereocenters. The molecule has 0 saturated heterocycles. The smallest absolute Gasteiger partial charge is 0.355 e. The Labute approximate surface area is 137 Å². The van der Waals surface area contributed by atoms with Crippen LogP contribution in [0.2, 0.25) is 0 Å². The summed E-state index contributed by atoms with van der Waals surface area (Å²) in [5.41, 5.74) is 0.0379. The highest BCUT2D eigenvalue weighted by Gasteiger charge is 2.04. The second-order valence-electron chi connectivity index (χ2n) is 4.90. The predicted octanol–water partition coefficient (Wildman–Crippen LogP) is 2.83. The van der Waals surface area contributed by atoms with Crippen LogP contribution in [0.25, 0.3) is 5.69 Å². The number of hydrogen-bond donors (Lipinski definition) is 0. The first-order valence-electron chi connectivity index (χ1n) is 7.39. The van der Waals surface area contributed by atoms with Crippen LogP contribution in [0.4, 0.5) is 4.39 Å². The lowest BCUT2D eigenvalue weighted by Crippen LogP contribution is -2.22. The van der Waals surface area contributed by atoms with Crippen molar-refractivity contribution < 1.29 is 13.9 Å². The van der Waals surface area contributed by atoms with E-state index in [1.165, 1.54) is 35.0 Å². The van der Waals surface area contributed by atoms with Crippen molar-refractivity contribution in [3.63, 3.8) is 0 Å². The Bertz CT molecular complexity index is 848. The fourth-order valence-electron chi connectivity index (χ4n) is 2.09. The van der Waals surface area contributed by atoms with Crippen LogP contribution in [0.3, 0.4) is 0 Å². The molecule has 0 bridgehead atoms. The molecule has 0 N–H and O–H groups in total. The van der Waals surface area contributed by atoms with Gasteiger partial charge in [-0.15, -0.1) is 0 Å². The molecule has 0 amide bonds. The van der Waals surface area contributed by atoms with Crippen LogP contribution < -0.4 is 15.2 Å². The van der Waals surface area contributed by atoms with Gasteiger partial charge in [0.15, 0.2) is 0 Å². The van der Waals surface area contributed by atoms with Crippen molar-refractivity contribution in [1.82, 2.24) is 9.55 Å². The normalized spacial score (nSPS) is 10.4. The average Bonchev–Trinajstić information content (AvgIpc) is 2.61. The minimum absolute atomic E-state index is 0.218. The molecule has 0 radical (unpaired) electrons. The van der Waals surface area contributed by atoms with Crippen molar-refractivity contribution in [1.29, 1.82) is 0 Å². The molecular formula is C18H15FN2O3. The van der Waals surface area contributed by atoms with E-state index in [4.69, 9.17) is 9.47 Å². The summed E-state index contributed by atoms with van der Waals surface area (Å²) in [6.07, 6.45) is 1.54. The van der Waals surface area contributed by atoms with Gasteiger partial charge < -0.3 is 9.47 Å². The van der Waals surface area contributed by atoms with Crippen LogP contribution >= 0.6 is 0 Å². The molecule has 1 aromatic heterocycles. The molecule has 0 aliphatic rings. The van der Waals surface area contributed by atoms with E-state index >= 15 is 0 Å². The summed E-state index contributed by atoms with van der Waals surface area (Å²) >= 11 is 0. The fourth-order valence-corrected chi connectivity index (χ4v) is 2.09. The molecule has 24 heavy (non-hydrogen) atoms. The topological polar surface area (TPSA) is 53.4 Å². The summed E-state index contributed by atoms with van der Waals surface area (Å²) in [5.74, 6) is 0.605. The Balaban J connectivity index is 1.58. The maximum absolute atomic E-state index is 12.9. The van der Waals surface area contributed by atoms with Gasteiger partial charge in [-0.05, 0) is 36.4 Å². The molecule has 2 aromatic carbocycles. The molecule has 0 spiro atoms. The lowest BCUT2D eigenvalue weighted by atomic mass is 10.3. The van der Waals surface area contributed by atoms with Gasteiger partial charge in [0, 0.05) is 12.3 Å². The van der Waals surface area contributed by atoms with Gasteiger partial charge in [-0.2, -0.15) is 4.98 Å². The zero-order valence-electron chi connectivity index (χ0n) is 12.8. The molecule has 0 saturated carbocycles. The molecule has 6 heteroatoms. The summed E-state index contributed by atoms with van der Waals surface area (Å²) in [5, 5.41) is 0. The summed E-state index contributed by atoms with van der Waals surface area (Å²) in [6, 6.07) is 16.5. The van der Waals surface area contributed by atoms with Crippen LogP contribution in [-0.4, -0.2) is 22.8 Å². The number of ether oxygens (including phenoxy) is 2. The molecule has 3 aromatic rings. The molecule has 5 nitrogen and oxygen atoms in total. The van der Waals surface area contributed by atoms with E-state index in [1.54, 1.807) is 6.07 Å². The molecular weight excluding hydrogens is 311 g/mol. The highest BCUT2D eigenvalue weighted by molar-refractivity contribution is 5.32. The third-order valence-electron chi connectivity index (χ3n) is 3.23. The Morgan fingerprint density at radius 3 is 2.33 bits per heavy atom. The Kier molecular flexibility index (Phi) is 4.86. The van der Waals surface area contributed by atoms with Crippen molar-refractivity contribution in [2.24, 2.45) is 0 Å². The Morgan fingerprint density at radius 1 is 0.917 bits per heavy atom. The van der Waals surface area contributed by atoms with E-state index in [-0.39, 0.29) is 18.3 Å². The first-order chi connectivity index (χ1) is 11.7. The molecule has 1 heterocycles. The summed E-state index contributed by atoms with van der Waals surface area (Å²) < 4.78 is 25.1. The highest BCUT2D eigenvalue weighted by Crippen LogP contribution is 2.10. The SMILES string of the molecule is O=c1nc(OCCOc2ccccc2)ccn1-c1ccc(F)cc1. The molecule has 0 aliphatic heterocycles. The van der Waals surface area contributed by atoms with Crippen molar-refractivity contribution in [2.75, 3.05) is 13.2 Å². The van der Waals surface area contributed by atoms with Crippen LogP contribution in [-0.2, 0) is 0 Å². The molecule has 3 rings (SSSR count). The van der Waals surface area contributed by atoms with Crippen molar-refractivity contribution in [3.05, 3.63) is 83.2 Å². The zero-order chi connectivity index (χ0) is 16.8. The highest BCUT2D eigenvalue weighted by atomic mass is 19.1. The van der Waals surface area contributed by atoms with E-state index in [0.717, 1.165) is 5.75 Å².